The third-order valence-corrected chi connectivity index (χ3v) is 3.79. The first-order valence-corrected chi connectivity index (χ1v) is 7.40. The van der Waals surface area contributed by atoms with Gasteiger partial charge in [-0.25, -0.2) is 4.99 Å². The first-order valence-electron chi connectivity index (χ1n) is 7.40. The fourth-order valence-electron chi connectivity index (χ4n) is 2.42. The molecule has 3 rings (SSSR count). The summed E-state index contributed by atoms with van der Waals surface area (Å²) in [4.78, 5) is 16.6. The molecule has 0 aromatic heterocycles. The Morgan fingerprint density at radius 1 is 1.09 bits per heavy atom. The Balaban J connectivity index is 1.94. The number of amidine groups is 1. The van der Waals surface area contributed by atoms with Crippen LogP contribution in [0, 0.1) is 13.8 Å². The molecule has 0 saturated carbocycles. The van der Waals surface area contributed by atoms with Gasteiger partial charge in [0, 0.05) is 5.56 Å². The van der Waals surface area contributed by atoms with Crippen LogP contribution in [0.1, 0.15) is 22.3 Å². The summed E-state index contributed by atoms with van der Waals surface area (Å²) in [5.41, 5.74) is 4.55. The van der Waals surface area contributed by atoms with Crippen molar-refractivity contribution in [1.82, 2.24) is 5.32 Å². The molecule has 1 N–H and O–H groups in total. The van der Waals surface area contributed by atoms with E-state index in [-0.39, 0.29) is 5.91 Å². The largest absolute Gasteiger partial charge is 0.497 e. The van der Waals surface area contributed by atoms with Crippen LogP contribution in [0.5, 0.6) is 5.75 Å². The van der Waals surface area contributed by atoms with Gasteiger partial charge in [-0.05, 0) is 55.3 Å². The number of nitrogens with zero attached hydrogens (tertiary/aromatic N) is 1. The van der Waals surface area contributed by atoms with Crippen LogP contribution in [0.25, 0.3) is 6.08 Å². The van der Waals surface area contributed by atoms with Gasteiger partial charge >= 0.3 is 0 Å². The van der Waals surface area contributed by atoms with Crippen LogP contribution in [-0.4, -0.2) is 18.9 Å². The van der Waals surface area contributed by atoms with Crippen molar-refractivity contribution < 1.29 is 9.53 Å². The molecule has 1 aliphatic heterocycles. The molecule has 4 heteroatoms. The number of aliphatic imine (C=N–C) groups is 1. The molecule has 0 saturated heterocycles. The molecule has 116 valence electrons. The van der Waals surface area contributed by atoms with E-state index in [0.717, 1.165) is 28.0 Å². The lowest BCUT2D eigenvalue weighted by molar-refractivity contribution is -0.115. The predicted octanol–water partition coefficient (Wildman–Crippen LogP) is 3.23. The minimum absolute atomic E-state index is 0.184. The number of aryl methyl sites for hydroxylation is 2. The van der Waals surface area contributed by atoms with E-state index < -0.39 is 0 Å². The van der Waals surface area contributed by atoms with Crippen molar-refractivity contribution in [3.63, 3.8) is 0 Å². The van der Waals surface area contributed by atoms with Crippen LogP contribution in [0.4, 0.5) is 0 Å². The number of benzene rings is 2. The molecule has 0 fully saturated rings. The van der Waals surface area contributed by atoms with Crippen molar-refractivity contribution >= 4 is 17.8 Å². The summed E-state index contributed by atoms with van der Waals surface area (Å²) < 4.78 is 5.14. The third kappa shape index (κ3) is 3.16. The van der Waals surface area contributed by atoms with Crippen LogP contribution in [0.15, 0.2) is 53.2 Å². The minimum Gasteiger partial charge on any atom is -0.497 e. The molecule has 0 bridgehead atoms. The van der Waals surface area contributed by atoms with E-state index in [9.17, 15) is 4.79 Å². The molecule has 2 aromatic carbocycles. The highest BCUT2D eigenvalue weighted by Gasteiger charge is 2.21. The normalized spacial score (nSPS) is 15.5. The Morgan fingerprint density at radius 3 is 2.52 bits per heavy atom. The number of nitrogens with one attached hydrogen (secondary N) is 1. The quantitative estimate of drug-likeness (QED) is 0.885. The smallest absolute Gasteiger partial charge is 0.275 e. The molecular formula is C19H18N2O2. The molecule has 2 aromatic rings. The molecular weight excluding hydrogens is 288 g/mol. The highest BCUT2D eigenvalue weighted by Crippen LogP contribution is 2.19. The van der Waals surface area contributed by atoms with Crippen molar-refractivity contribution in [1.29, 1.82) is 0 Å². The zero-order valence-corrected chi connectivity index (χ0v) is 13.4. The zero-order chi connectivity index (χ0) is 16.4. The average Bonchev–Trinajstić information content (AvgIpc) is 2.92. The minimum atomic E-state index is -0.184. The van der Waals surface area contributed by atoms with Crippen LogP contribution >= 0.6 is 0 Å². The van der Waals surface area contributed by atoms with Gasteiger partial charge in [0.1, 0.15) is 17.3 Å². The Bertz CT molecular complexity index is 818. The Morgan fingerprint density at radius 2 is 1.83 bits per heavy atom. The van der Waals surface area contributed by atoms with E-state index in [0.29, 0.717) is 11.5 Å². The molecule has 0 aliphatic carbocycles. The topological polar surface area (TPSA) is 50.7 Å². The van der Waals surface area contributed by atoms with Gasteiger partial charge in [-0.15, -0.1) is 0 Å². The van der Waals surface area contributed by atoms with Gasteiger partial charge in [0.25, 0.3) is 5.91 Å². The molecule has 23 heavy (non-hydrogen) atoms. The molecule has 0 radical (unpaired) electrons. The van der Waals surface area contributed by atoms with Gasteiger partial charge in [0.15, 0.2) is 0 Å². The van der Waals surface area contributed by atoms with Crippen molar-refractivity contribution in [2.75, 3.05) is 7.11 Å². The van der Waals surface area contributed by atoms with E-state index in [4.69, 9.17) is 4.74 Å². The lowest BCUT2D eigenvalue weighted by Gasteiger charge is -2.02. The van der Waals surface area contributed by atoms with E-state index in [1.807, 2.05) is 50.3 Å². The Kier molecular flexibility index (Phi) is 3.98. The van der Waals surface area contributed by atoms with Crippen molar-refractivity contribution in [2.24, 2.45) is 4.99 Å². The maximum absolute atomic E-state index is 12.2. The summed E-state index contributed by atoms with van der Waals surface area (Å²) in [5.74, 6) is 1.15. The number of carbonyl (C=O) groups excluding carboxylic acids is 1. The second-order valence-corrected chi connectivity index (χ2v) is 5.53. The standard InChI is InChI=1S/C19H18N2O2/c1-12-4-5-13(2)15(10-12)11-17-19(22)21-18(20-17)14-6-8-16(23-3)9-7-14/h4-11H,1-3H3,(H,20,21,22)/b17-11+. The van der Waals surface area contributed by atoms with E-state index in [1.165, 1.54) is 0 Å². The number of ether oxygens (including phenoxy) is 1. The van der Waals surface area contributed by atoms with Gasteiger partial charge in [-0.2, -0.15) is 0 Å². The number of methoxy groups -OCH3 is 1. The number of hydrogen-bond donors (Lipinski definition) is 1. The Labute approximate surface area is 135 Å². The summed E-state index contributed by atoms with van der Waals surface area (Å²) in [5, 5.41) is 2.81. The van der Waals surface area contributed by atoms with Crippen molar-refractivity contribution in [2.45, 2.75) is 13.8 Å². The highest BCUT2D eigenvalue weighted by atomic mass is 16.5. The summed E-state index contributed by atoms with van der Waals surface area (Å²) in [6, 6.07) is 13.6. The van der Waals surface area contributed by atoms with Crippen LogP contribution in [-0.2, 0) is 4.79 Å². The predicted molar refractivity (Wildman–Crippen MR) is 91.6 cm³/mol. The van der Waals surface area contributed by atoms with Gasteiger partial charge in [-0.1, -0.05) is 23.8 Å². The van der Waals surface area contributed by atoms with E-state index >= 15 is 0 Å². The second-order valence-electron chi connectivity index (χ2n) is 5.53. The third-order valence-electron chi connectivity index (χ3n) is 3.79. The monoisotopic (exact) mass is 306 g/mol. The SMILES string of the molecule is COc1ccc(C2=N/C(=C/c3cc(C)ccc3C)C(=O)N2)cc1. The van der Waals surface area contributed by atoms with Gasteiger partial charge in [0.2, 0.25) is 0 Å². The molecule has 1 amide bonds. The summed E-state index contributed by atoms with van der Waals surface area (Å²) >= 11 is 0. The van der Waals surface area contributed by atoms with E-state index in [2.05, 4.69) is 22.4 Å². The number of carbonyl (C=O) groups is 1. The fraction of sp³-hybridized carbons (Fsp3) is 0.158. The number of amides is 1. The maximum atomic E-state index is 12.2. The lowest BCUT2D eigenvalue weighted by atomic mass is 10.0. The fourth-order valence-corrected chi connectivity index (χ4v) is 2.42. The summed E-state index contributed by atoms with van der Waals surface area (Å²) in [6.07, 6.45) is 1.83. The molecule has 0 atom stereocenters. The van der Waals surface area contributed by atoms with Crippen molar-refractivity contribution in [3.8, 4) is 5.75 Å². The average molecular weight is 306 g/mol. The first kappa shape index (κ1) is 15.0. The van der Waals surface area contributed by atoms with Crippen LogP contribution < -0.4 is 10.1 Å². The molecule has 4 nitrogen and oxygen atoms in total. The van der Waals surface area contributed by atoms with Gasteiger partial charge < -0.3 is 10.1 Å². The van der Waals surface area contributed by atoms with Crippen LogP contribution in [0.3, 0.4) is 0 Å². The highest BCUT2D eigenvalue weighted by molar-refractivity contribution is 6.19. The van der Waals surface area contributed by atoms with Crippen molar-refractivity contribution in [3.05, 3.63) is 70.4 Å². The van der Waals surface area contributed by atoms with Crippen LogP contribution in [0.2, 0.25) is 0 Å². The summed E-state index contributed by atoms with van der Waals surface area (Å²) in [6.45, 7) is 4.05. The van der Waals surface area contributed by atoms with E-state index in [1.54, 1.807) is 7.11 Å². The zero-order valence-electron chi connectivity index (χ0n) is 13.4. The van der Waals surface area contributed by atoms with Gasteiger partial charge in [-0.3, -0.25) is 4.79 Å². The maximum Gasteiger partial charge on any atom is 0.275 e. The molecule has 0 spiro atoms. The first-order chi connectivity index (χ1) is 11.1. The number of rotatable bonds is 3. The molecule has 0 unspecified atom stereocenters. The van der Waals surface area contributed by atoms with Gasteiger partial charge in [0.05, 0.1) is 7.11 Å². The Hall–Kier alpha value is -2.88. The lowest BCUT2D eigenvalue weighted by Crippen LogP contribution is -2.24. The second kappa shape index (κ2) is 6.08. The molecule has 1 heterocycles. The number of hydrogen-bond acceptors (Lipinski definition) is 3. The molecule has 1 aliphatic rings. The summed E-state index contributed by atoms with van der Waals surface area (Å²) in [7, 11) is 1.62.